The van der Waals surface area contributed by atoms with E-state index >= 15 is 0 Å². The maximum atomic E-state index is 12.3. The van der Waals surface area contributed by atoms with Gasteiger partial charge in [-0.2, -0.15) is 0 Å². The van der Waals surface area contributed by atoms with Crippen molar-refractivity contribution in [1.82, 2.24) is 10.3 Å². The normalized spacial score (nSPS) is 11.5. The molecule has 1 N–H and O–H groups in total. The minimum Gasteiger partial charge on any atom is -0.478 e. The molecular formula is C13H14N2O5S. The summed E-state index contributed by atoms with van der Waals surface area (Å²) < 4.78 is 29.1. The first-order valence-corrected chi connectivity index (χ1v) is 7.87. The van der Waals surface area contributed by atoms with Crippen molar-refractivity contribution in [3.63, 3.8) is 0 Å². The molecular weight excluding hydrogens is 296 g/mol. The zero-order chi connectivity index (χ0) is 15.6. The molecule has 0 radical (unpaired) electrons. The number of nitrogens with zero attached hydrogens (tertiary/aromatic N) is 2. The van der Waals surface area contributed by atoms with Crippen molar-refractivity contribution in [2.24, 2.45) is 0 Å². The summed E-state index contributed by atoms with van der Waals surface area (Å²) in [6, 6.07) is 4.10. The first-order valence-electron chi connectivity index (χ1n) is 6.22. The summed E-state index contributed by atoms with van der Waals surface area (Å²) in [5, 5.41) is 16.2. The Morgan fingerprint density at radius 3 is 2.57 bits per heavy atom. The van der Waals surface area contributed by atoms with Gasteiger partial charge < -0.3 is 5.11 Å². The summed E-state index contributed by atoms with van der Waals surface area (Å²) in [6.07, 6.45) is 0.508. The molecule has 0 atom stereocenters. The number of carboxylic acid groups (broad SMARTS) is 1. The van der Waals surface area contributed by atoms with E-state index in [1.807, 2.05) is 0 Å². The molecule has 1 heterocycles. The lowest BCUT2D eigenvalue weighted by atomic mass is 10.1. The molecule has 0 spiro atoms. The summed E-state index contributed by atoms with van der Waals surface area (Å²) in [4.78, 5) is 11.1. The van der Waals surface area contributed by atoms with E-state index in [0.717, 1.165) is 0 Å². The van der Waals surface area contributed by atoms with Gasteiger partial charge in [0.05, 0.1) is 10.5 Å². The third-order valence-corrected chi connectivity index (χ3v) is 4.75. The van der Waals surface area contributed by atoms with Crippen LogP contribution in [0.15, 0.2) is 27.7 Å². The molecule has 1 aromatic heterocycles. The second-order valence-corrected chi connectivity index (χ2v) is 6.52. The van der Waals surface area contributed by atoms with E-state index in [9.17, 15) is 13.2 Å². The Kier molecular flexibility index (Phi) is 4.08. The molecule has 2 aromatic rings. The van der Waals surface area contributed by atoms with Gasteiger partial charge in [0.25, 0.3) is 0 Å². The van der Waals surface area contributed by atoms with E-state index in [0.29, 0.717) is 17.7 Å². The van der Waals surface area contributed by atoms with E-state index in [1.165, 1.54) is 18.2 Å². The standard InChI is InChI=1S/C13H14N2O5S/c1-3-9-4-5-10(6-11(9)13(16)17)21(18,19)7-12-8(2)14-20-15-12/h4-6H,3,7H2,1-2H3,(H,16,17). The molecule has 0 amide bonds. The third-order valence-electron chi connectivity index (χ3n) is 3.12. The molecule has 0 aliphatic rings. The van der Waals surface area contributed by atoms with Gasteiger partial charge in [-0.25, -0.2) is 17.8 Å². The number of carboxylic acids is 1. The molecule has 8 heteroatoms. The van der Waals surface area contributed by atoms with Crippen LogP contribution in [0, 0.1) is 6.92 Å². The van der Waals surface area contributed by atoms with Crippen LogP contribution in [-0.4, -0.2) is 29.8 Å². The molecule has 0 saturated heterocycles. The number of hydrogen-bond donors (Lipinski definition) is 1. The summed E-state index contributed by atoms with van der Waals surface area (Å²) in [6.45, 7) is 3.39. The average Bonchev–Trinajstić information content (AvgIpc) is 2.82. The predicted octanol–water partition coefficient (Wildman–Crippen LogP) is 1.61. The lowest BCUT2D eigenvalue weighted by Crippen LogP contribution is -2.09. The smallest absolute Gasteiger partial charge is 0.336 e. The van der Waals surface area contributed by atoms with Crippen molar-refractivity contribution >= 4 is 15.8 Å². The van der Waals surface area contributed by atoms with Crippen molar-refractivity contribution in [1.29, 1.82) is 0 Å². The molecule has 0 fully saturated rings. The first kappa shape index (κ1) is 15.2. The van der Waals surface area contributed by atoms with Gasteiger partial charge in [0.15, 0.2) is 9.84 Å². The van der Waals surface area contributed by atoms with Crippen LogP contribution in [0.2, 0.25) is 0 Å². The molecule has 0 saturated carbocycles. The molecule has 0 unspecified atom stereocenters. The van der Waals surface area contributed by atoms with Crippen LogP contribution >= 0.6 is 0 Å². The molecule has 112 valence electrons. The van der Waals surface area contributed by atoms with Crippen molar-refractivity contribution < 1.29 is 22.9 Å². The monoisotopic (exact) mass is 310 g/mol. The SMILES string of the molecule is CCc1ccc(S(=O)(=O)Cc2nonc2C)cc1C(=O)O. The first-order chi connectivity index (χ1) is 9.85. The molecule has 7 nitrogen and oxygen atoms in total. The number of hydrogen-bond acceptors (Lipinski definition) is 6. The number of aromatic carboxylic acids is 1. The fourth-order valence-electron chi connectivity index (χ4n) is 1.90. The number of carbonyl (C=O) groups is 1. The molecule has 0 aliphatic carbocycles. The average molecular weight is 310 g/mol. The highest BCUT2D eigenvalue weighted by atomic mass is 32.2. The van der Waals surface area contributed by atoms with Crippen LogP contribution < -0.4 is 0 Å². The number of rotatable bonds is 5. The Balaban J connectivity index is 2.43. The van der Waals surface area contributed by atoms with Gasteiger partial charge in [-0.15, -0.1) is 0 Å². The van der Waals surface area contributed by atoms with Crippen LogP contribution in [0.4, 0.5) is 0 Å². The van der Waals surface area contributed by atoms with E-state index in [1.54, 1.807) is 13.8 Å². The zero-order valence-electron chi connectivity index (χ0n) is 11.5. The predicted molar refractivity (Wildman–Crippen MR) is 72.7 cm³/mol. The van der Waals surface area contributed by atoms with Gasteiger partial charge >= 0.3 is 5.97 Å². The highest BCUT2D eigenvalue weighted by Gasteiger charge is 2.22. The minimum atomic E-state index is -3.71. The topological polar surface area (TPSA) is 110 Å². The van der Waals surface area contributed by atoms with E-state index in [-0.39, 0.29) is 21.9 Å². The maximum Gasteiger partial charge on any atom is 0.336 e. The molecule has 1 aromatic carbocycles. The number of benzene rings is 1. The Hall–Kier alpha value is -2.22. The van der Waals surface area contributed by atoms with Crippen LogP contribution in [0.25, 0.3) is 0 Å². The number of aryl methyl sites for hydroxylation is 2. The summed E-state index contributed by atoms with van der Waals surface area (Å²) in [7, 11) is -3.71. The number of sulfone groups is 1. The molecule has 2 rings (SSSR count). The van der Waals surface area contributed by atoms with Gasteiger partial charge in [-0.05, 0) is 31.0 Å². The Morgan fingerprint density at radius 1 is 1.33 bits per heavy atom. The Bertz CT molecular complexity index is 780. The summed E-state index contributed by atoms with van der Waals surface area (Å²) in [5.74, 6) is -1.53. The van der Waals surface area contributed by atoms with Crippen LogP contribution in [0.1, 0.15) is 34.2 Å². The van der Waals surface area contributed by atoms with E-state index in [4.69, 9.17) is 5.11 Å². The van der Waals surface area contributed by atoms with Gasteiger partial charge in [0.2, 0.25) is 0 Å². The molecule has 21 heavy (non-hydrogen) atoms. The van der Waals surface area contributed by atoms with E-state index < -0.39 is 15.8 Å². The van der Waals surface area contributed by atoms with Gasteiger partial charge in [-0.3, -0.25) is 0 Å². The summed E-state index contributed by atoms with van der Waals surface area (Å²) in [5.41, 5.74) is 1.18. The van der Waals surface area contributed by atoms with Gasteiger partial charge in [0, 0.05) is 0 Å². The fourth-order valence-corrected chi connectivity index (χ4v) is 3.26. The lowest BCUT2D eigenvalue weighted by molar-refractivity contribution is 0.0695. The largest absolute Gasteiger partial charge is 0.478 e. The quantitative estimate of drug-likeness (QED) is 0.893. The van der Waals surface area contributed by atoms with Crippen LogP contribution in [0.3, 0.4) is 0 Å². The second kappa shape index (κ2) is 5.65. The molecule has 0 aliphatic heterocycles. The number of aromatic nitrogens is 2. The van der Waals surface area contributed by atoms with Crippen molar-refractivity contribution in [3.8, 4) is 0 Å². The van der Waals surface area contributed by atoms with Crippen LogP contribution in [-0.2, 0) is 22.0 Å². The summed E-state index contributed by atoms with van der Waals surface area (Å²) >= 11 is 0. The highest BCUT2D eigenvalue weighted by molar-refractivity contribution is 7.90. The van der Waals surface area contributed by atoms with Gasteiger partial charge in [-0.1, -0.05) is 23.3 Å². The fraction of sp³-hybridized carbons (Fsp3) is 0.308. The van der Waals surface area contributed by atoms with E-state index in [2.05, 4.69) is 14.9 Å². The Morgan fingerprint density at radius 2 is 2.05 bits per heavy atom. The Labute approximate surface area is 121 Å². The second-order valence-electron chi connectivity index (χ2n) is 4.53. The molecule has 0 bridgehead atoms. The van der Waals surface area contributed by atoms with Gasteiger partial charge in [0.1, 0.15) is 17.1 Å². The third kappa shape index (κ3) is 3.10. The maximum absolute atomic E-state index is 12.3. The van der Waals surface area contributed by atoms with Crippen molar-refractivity contribution in [2.45, 2.75) is 30.9 Å². The highest BCUT2D eigenvalue weighted by Crippen LogP contribution is 2.21. The minimum absolute atomic E-state index is 0.00595. The van der Waals surface area contributed by atoms with Crippen LogP contribution in [0.5, 0.6) is 0 Å². The zero-order valence-corrected chi connectivity index (χ0v) is 12.3. The van der Waals surface area contributed by atoms with Crippen molar-refractivity contribution in [3.05, 3.63) is 40.7 Å². The van der Waals surface area contributed by atoms with Crippen molar-refractivity contribution in [2.75, 3.05) is 0 Å². The lowest BCUT2D eigenvalue weighted by Gasteiger charge is -2.07.